The van der Waals surface area contributed by atoms with Crippen LogP contribution in [0.1, 0.15) is 53.3 Å². The number of amides is 1. The van der Waals surface area contributed by atoms with Gasteiger partial charge in [-0.1, -0.05) is 18.9 Å². The Morgan fingerprint density at radius 1 is 1.10 bits per heavy atom. The van der Waals surface area contributed by atoms with Gasteiger partial charge in [0.1, 0.15) is 0 Å². The number of halogens is 3. The van der Waals surface area contributed by atoms with Gasteiger partial charge < -0.3 is 5.32 Å². The summed E-state index contributed by atoms with van der Waals surface area (Å²) < 4.78 is 40.0. The standard InChI is InChI=1S/C22H21F3N4O/c23-22(24,25)16-10-8-15(9-11-16)21(30)27-14-17-13-20(19-7-3-4-12-26-19)29(28-17)18-5-1-2-6-18/h3-4,7-13,18H,1-2,5-6,14H2,(H,27,30). The summed E-state index contributed by atoms with van der Waals surface area (Å²) in [6.07, 6.45) is 1.73. The SMILES string of the molecule is O=C(NCc1cc(-c2ccccn2)n(C2CCCC2)n1)c1ccc(C(F)(F)F)cc1. The Bertz CT molecular complexity index is 1010. The number of carbonyl (C=O) groups excluding carboxylic acids is 1. The molecule has 8 heteroatoms. The minimum Gasteiger partial charge on any atom is -0.346 e. The molecule has 0 bridgehead atoms. The first-order chi connectivity index (χ1) is 14.4. The van der Waals surface area contributed by atoms with E-state index in [0.29, 0.717) is 11.7 Å². The summed E-state index contributed by atoms with van der Waals surface area (Å²) in [4.78, 5) is 16.8. The summed E-state index contributed by atoms with van der Waals surface area (Å²) in [5.74, 6) is -0.446. The first kappa shape index (κ1) is 20.1. The minimum absolute atomic E-state index is 0.170. The quantitative estimate of drug-likeness (QED) is 0.639. The lowest BCUT2D eigenvalue weighted by Gasteiger charge is -2.13. The van der Waals surface area contributed by atoms with E-state index in [-0.39, 0.29) is 12.1 Å². The highest BCUT2D eigenvalue weighted by Gasteiger charge is 2.30. The summed E-state index contributed by atoms with van der Waals surface area (Å²) in [5.41, 5.74) is 1.79. The van der Waals surface area contributed by atoms with Gasteiger partial charge in [0.15, 0.2) is 0 Å². The molecule has 30 heavy (non-hydrogen) atoms. The molecular weight excluding hydrogens is 393 g/mol. The van der Waals surface area contributed by atoms with Crippen LogP contribution in [0, 0.1) is 0 Å². The number of nitrogens with one attached hydrogen (secondary N) is 1. The lowest BCUT2D eigenvalue weighted by Crippen LogP contribution is -2.23. The van der Waals surface area contributed by atoms with E-state index in [0.717, 1.165) is 49.2 Å². The number of carbonyl (C=O) groups is 1. The average molecular weight is 414 g/mol. The number of nitrogens with zero attached hydrogens (tertiary/aromatic N) is 3. The van der Waals surface area contributed by atoms with Crippen molar-refractivity contribution in [3.05, 3.63) is 71.5 Å². The van der Waals surface area contributed by atoms with Gasteiger partial charge in [0, 0.05) is 11.8 Å². The highest BCUT2D eigenvalue weighted by molar-refractivity contribution is 5.94. The Kier molecular flexibility index (Phi) is 5.57. The summed E-state index contributed by atoms with van der Waals surface area (Å²) >= 11 is 0. The fourth-order valence-electron chi connectivity index (χ4n) is 3.75. The van der Waals surface area contributed by atoms with Crippen LogP contribution in [0.5, 0.6) is 0 Å². The van der Waals surface area contributed by atoms with Crippen molar-refractivity contribution in [1.29, 1.82) is 0 Å². The van der Waals surface area contributed by atoms with Crippen molar-refractivity contribution in [3.63, 3.8) is 0 Å². The number of hydrogen-bond donors (Lipinski definition) is 1. The number of pyridine rings is 1. The molecule has 0 radical (unpaired) electrons. The summed E-state index contributed by atoms with van der Waals surface area (Å²) in [5, 5.41) is 7.43. The van der Waals surface area contributed by atoms with Gasteiger partial charge >= 0.3 is 6.18 Å². The zero-order valence-electron chi connectivity index (χ0n) is 16.2. The maximum Gasteiger partial charge on any atom is 0.416 e. The predicted molar refractivity (Wildman–Crippen MR) is 106 cm³/mol. The van der Waals surface area contributed by atoms with Crippen LogP contribution in [0.3, 0.4) is 0 Å². The molecule has 1 amide bonds. The second-order valence-electron chi connectivity index (χ2n) is 7.38. The summed E-state index contributed by atoms with van der Waals surface area (Å²) in [6, 6.07) is 12.1. The molecule has 2 heterocycles. The molecule has 4 rings (SSSR count). The van der Waals surface area contributed by atoms with Crippen molar-refractivity contribution in [3.8, 4) is 11.4 Å². The van der Waals surface area contributed by atoms with E-state index >= 15 is 0 Å². The topological polar surface area (TPSA) is 59.8 Å². The average Bonchev–Trinajstić information content (AvgIpc) is 3.42. The van der Waals surface area contributed by atoms with Gasteiger partial charge in [0.05, 0.1) is 35.2 Å². The Hall–Kier alpha value is -3.16. The molecule has 0 unspecified atom stereocenters. The first-order valence-electron chi connectivity index (χ1n) is 9.87. The second kappa shape index (κ2) is 8.30. The van der Waals surface area contributed by atoms with E-state index in [4.69, 9.17) is 5.10 Å². The third kappa shape index (κ3) is 4.37. The molecule has 1 saturated carbocycles. The van der Waals surface area contributed by atoms with Gasteiger partial charge in [-0.15, -0.1) is 0 Å². The highest BCUT2D eigenvalue weighted by Crippen LogP contribution is 2.33. The molecule has 5 nitrogen and oxygen atoms in total. The van der Waals surface area contributed by atoms with Crippen molar-refractivity contribution in [1.82, 2.24) is 20.1 Å². The van der Waals surface area contributed by atoms with E-state index in [2.05, 4.69) is 10.3 Å². The molecule has 1 aliphatic carbocycles. The molecule has 0 saturated heterocycles. The fourth-order valence-corrected chi connectivity index (χ4v) is 3.75. The number of aromatic nitrogens is 3. The van der Waals surface area contributed by atoms with Crippen molar-refractivity contribution < 1.29 is 18.0 Å². The van der Waals surface area contributed by atoms with Crippen LogP contribution in [-0.2, 0) is 12.7 Å². The number of alkyl halides is 3. The minimum atomic E-state index is -4.43. The maximum absolute atomic E-state index is 12.7. The van der Waals surface area contributed by atoms with Gasteiger partial charge in [-0.25, -0.2) is 0 Å². The molecule has 1 N–H and O–H groups in total. The smallest absolute Gasteiger partial charge is 0.346 e. The van der Waals surface area contributed by atoms with Crippen molar-refractivity contribution in [2.45, 2.75) is 44.4 Å². The van der Waals surface area contributed by atoms with Crippen molar-refractivity contribution in [2.75, 3.05) is 0 Å². The van der Waals surface area contributed by atoms with Crippen LogP contribution in [-0.4, -0.2) is 20.7 Å². The van der Waals surface area contributed by atoms with E-state index < -0.39 is 17.6 Å². The lowest BCUT2D eigenvalue weighted by molar-refractivity contribution is -0.137. The predicted octanol–water partition coefficient (Wildman–Crippen LogP) is 5.01. The Balaban J connectivity index is 1.50. The van der Waals surface area contributed by atoms with Crippen molar-refractivity contribution in [2.24, 2.45) is 0 Å². The van der Waals surface area contributed by atoms with Crippen LogP contribution < -0.4 is 5.32 Å². The molecule has 1 aliphatic rings. The highest BCUT2D eigenvalue weighted by atomic mass is 19.4. The molecule has 1 aromatic carbocycles. The van der Waals surface area contributed by atoms with Gasteiger partial charge in [-0.2, -0.15) is 18.3 Å². The Labute approximate surface area is 171 Å². The summed E-state index contributed by atoms with van der Waals surface area (Å²) in [7, 11) is 0. The number of benzene rings is 1. The van der Waals surface area contributed by atoms with Gasteiger partial charge in [-0.05, 0) is 55.3 Å². The fraction of sp³-hybridized carbons (Fsp3) is 0.318. The van der Waals surface area contributed by atoms with Gasteiger partial charge in [0.2, 0.25) is 0 Å². The Morgan fingerprint density at radius 2 is 1.83 bits per heavy atom. The van der Waals surface area contributed by atoms with E-state index in [1.54, 1.807) is 6.20 Å². The molecule has 1 fully saturated rings. The van der Waals surface area contributed by atoms with Crippen LogP contribution >= 0.6 is 0 Å². The van der Waals surface area contributed by atoms with E-state index in [9.17, 15) is 18.0 Å². The molecule has 0 spiro atoms. The monoisotopic (exact) mass is 414 g/mol. The molecule has 156 valence electrons. The van der Waals surface area contributed by atoms with Crippen LogP contribution in [0.4, 0.5) is 13.2 Å². The largest absolute Gasteiger partial charge is 0.416 e. The Morgan fingerprint density at radius 3 is 2.47 bits per heavy atom. The third-order valence-electron chi connectivity index (χ3n) is 5.29. The molecule has 3 aromatic rings. The van der Waals surface area contributed by atoms with Gasteiger partial charge in [0.25, 0.3) is 5.91 Å². The van der Waals surface area contributed by atoms with Crippen LogP contribution in [0.15, 0.2) is 54.7 Å². The lowest BCUT2D eigenvalue weighted by atomic mass is 10.1. The number of hydrogen-bond acceptors (Lipinski definition) is 3. The first-order valence-corrected chi connectivity index (χ1v) is 9.87. The number of rotatable bonds is 5. The molecule has 2 aromatic heterocycles. The third-order valence-corrected chi connectivity index (χ3v) is 5.29. The van der Waals surface area contributed by atoms with Crippen LogP contribution in [0.2, 0.25) is 0 Å². The second-order valence-corrected chi connectivity index (χ2v) is 7.38. The maximum atomic E-state index is 12.7. The summed E-state index contributed by atoms with van der Waals surface area (Å²) in [6.45, 7) is 0.180. The van der Waals surface area contributed by atoms with Crippen LogP contribution in [0.25, 0.3) is 11.4 Å². The van der Waals surface area contributed by atoms with Crippen molar-refractivity contribution >= 4 is 5.91 Å². The molecular formula is C22H21F3N4O. The van der Waals surface area contributed by atoms with E-state index in [1.165, 1.54) is 12.1 Å². The zero-order chi connectivity index (χ0) is 21.1. The van der Waals surface area contributed by atoms with Gasteiger partial charge in [-0.3, -0.25) is 14.5 Å². The zero-order valence-corrected chi connectivity index (χ0v) is 16.2. The van der Waals surface area contributed by atoms with E-state index in [1.807, 2.05) is 28.9 Å². The normalized spacial score (nSPS) is 14.8. The molecule has 0 aliphatic heterocycles. The molecule has 0 atom stereocenters.